The maximum Gasteiger partial charge on any atom is 0.338 e. The van der Waals surface area contributed by atoms with Crippen LogP contribution in [0, 0.1) is 35.5 Å². The second kappa shape index (κ2) is 16.1. The van der Waals surface area contributed by atoms with Crippen LogP contribution in [0.5, 0.6) is 11.5 Å². The van der Waals surface area contributed by atoms with Gasteiger partial charge in [-0.1, -0.05) is 90.8 Å². The van der Waals surface area contributed by atoms with Crippen molar-refractivity contribution in [3.05, 3.63) is 116 Å². The molecule has 0 unspecified atom stereocenters. The molecule has 0 amide bonds. The van der Waals surface area contributed by atoms with Crippen molar-refractivity contribution < 1.29 is 38.1 Å². The van der Waals surface area contributed by atoms with Crippen LogP contribution < -0.4 is 9.47 Å². The minimum atomic E-state index is -0.395. The number of rotatable bonds is 8. The standard InChI is InChI=1S/C58H62O8/c1-27(2)39-15-9-29(5)17-49(39)65-57(61)35-13-11-33-21-41-43(23-37(33)19-35)47-25-45(41)51-53(47)56(64-32(8)60)54-48-26-46(52(54)55(51)63-31(7)59)42-22-34-12-14-36(20-38(34)24-44(42)48)58(62)66-50-18-30(6)10-16-40(50)28(3)4/h11-14,19-24,27-30,39-40,45-50H,9-10,15-18,25-26H2,1-8H3/t29-,30-,39+,40+,45-,46+,47+,48-,49-,50-/m1/s1. The fourth-order valence-electron chi connectivity index (χ4n) is 13.8. The van der Waals surface area contributed by atoms with Crippen LogP contribution >= 0.6 is 0 Å². The van der Waals surface area contributed by atoms with E-state index >= 15 is 0 Å². The van der Waals surface area contributed by atoms with Crippen LogP contribution in [0.1, 0.15) is 196 Å². The lowest BCUT2D eigenvalue weighted by Crippen LogP contribution is -2.35. The summed E-state index contributed by atoms with van der Waals surface area (Å²) in [5.41, 5.74) is 9.48. The van der Waals surface area contributed by atoms with E-state index in [9.17, 15) is 19.2 Å². The summed E-state index contributed by atoms with van der Waals surface area (Å²) >= 11 is 0. The third-order valence-electron chi connectivity index (χ3n) is 16.9. The van der Waals surface area contributed by atoms with Gasteiger partial charge in [-0.05, 0) is 142 Å². The lowest BCUT2D eigenvalue weighted by Gasteiger charge is -2.36. The second-order valence-electron chi connectivity index (χ2n) is 21.8. The van der Waals surface area contributed by atoms with Gasteiger partial charge >= 0.3 is 23.9 Å². The molecular weight excluding hydrogens is 825 g/mol. The van der Waals surface area contributed by atoms with E-state index in [1.165, 1.54) is 37.8 Å². The van der Waals surface area contributed by atoms with Crippen LogP contribution in [0.3, 0.4) is 0 Å². The van der Waals surface area contributed by atoms with Crippen LogP contribution in [0.2, 0.25) is 0 Å². The first-order valence-corrected chi connectivity index (χ1v) is 24.8. The second-order valence-corrected chi connectivity index (χ2v) is 21.8. The number of hydrogen-bond donors (Lipinski definition) is 0. The molecule has 0 spiro atoms. The van der Waals surface area contributed by atoms with Crippen molar-refractivity contribution in [2.45, 2.75) is 143 Å². The highest BCUT2D eigenvalue weighted by Gasteiger charge is 2.54. The van der Waals surface area contributed by atoms with Crippen molar-refractivity contribution in [2.75, 3.05) is 0 Å². The van der Waals surface area contributed by atoms with E-state index in [0.29, 0.717) is 58.1 Å². The van der Waals surface area contributed by atoms with Gasteiger partial charge < -0.3 is 18.9 Å². The first kappa shape index (κ1) is 43.1. The van der Waals surface area contributed by atoms with E-state index in [0.717, 1.165) is 93.5 Å². The summed E-state index contributed by atoms with van der Waals surface area (Å²) in [6, 6.07) is 20.6. The molecule has 10 atom stereocenters. The van der Waals surface area contributed by atoms with Crippen LogP contribution in [0.15, 0.2) is 60.7 Å². The summed E-state index contributed by atoms with van der Waals surface area (Å²) in [7, 11) is 0. The molecule has 66 heavy (non-hydrogen) atoms. The lowest BCUT2D eigenvalue weighted by molar-refractivity contribution is -0.133. The Morgan fingerprint density at radius 1 is 0.470 bits per heavy atom. The van der Waals surface area contributed by atoms with E-state index in [-0.39, 0.29) is 53.8 Å². The molecule has 11 rings (SSSR count). The fourth-order valence-corrected chi connectivity index (χ4v) is 13.8. The summed E-state index contributed by atoms with van der Waals surface area (Å²) in [5, 5.41) is 3.98. The topological polar surface area (TPSA) is 105 Å². The Hall–Kier alpha value is -5.50. The van der Waals surface area contributed by atoms with Gasteiger partial charge in [-0.25, -0.2) is 9.59 Å². The Labute approximate surface area is 388 Å². The summed E-state index contributed by atoms with van der Waals surface area (Å²) in [6.07, 6.45) is 7.61. The predicted octanol–water partition coefficient (Wildman–Crippen LogP) is 13.0. The van der Waals surface area contributed by atoms with Gasteiger partial charge in [0, 0.05) is 59.8 Å². The van der Waals surface area contributed by atoms with Crippen LogP contribution in [0.25, 0.3) is 21.5 Å². The molecule has 0 aliphatic heterocycles. The molecule has 0 aromatic heterocycles. The first-order valence-electron chi connectivity index (χ1n) is 24.8. The van der Waals surface area contributed by atoms with E-state index in [2.05, 4.69) is 65.8 Å². The Kier molecular flexibility index (Phi) is 10.5. The minimum absolute atomic E-state index is 0.0646. The largest absolute Gasteiger partial charge is 0.458 e. The van der Waals surface area contributed by atoms with Crippen LogP contribution in [-0.4, -0.2) is 36.1 Å². The molecule has 0 radical (unpaired) electrons. The molecule has 5 aromatic rings. The van der Waals surface area contributed by atoms with E-state index in [1.54, 1.807) is 0 Å². The summed E-state index contributed by atoms with van der Waals surface area (Å²) in [6.45, 7) is 16.3. The molecule has 5 aromatic carbocycles. The number of esters is 4. The fraction of sp³-hybridized carbons (Fsp3) is 0.483. The maximum atomic E-state index is 13.8. The predicted molar refractivity (Wildman–Crippen MR) is 255 cm³/mol. The molecule has 0 saturated heterocycles. The van der Waals surface area contributed by atoms with Crippen molar-refractivity contribution in [3.63, 3.8) is 0 Å². The van der Waals surface area contributed by atoms with Gasteiger partial charge in [-0.15, -0.1) is 0 Å². The van der Waals surface area contributed by atoms with Crippen molar-refractivity contribution in [2.24, 2.45) is 35.5 Å². The molecule has 342 valence electrons. The average Bonchev–Trinajstić information content (AvgIpc) is 4.04. The van der Waals surface area contributed by atoms with Gasteiger partial charge in [0.15, 0.2) is 0 Å². The summed E-state index contributed by atoms with van der Waals surface area (Å²) < 4.78 is 25.3. The van der Waals surface area contributed by atoms with Gasteiger partial charge in [0.1, 0.15) is 23.7 Å². The minimum Gasteiger partial charge on any atom is -0.458 e. The molecule has 0 N–H and O–H groups in total. The van der Waals surface area contributed by atoms with Crippen molar-refractivity contribution in [1.29, 1.82) is 0 Å². The van der Waals surface area contributed by atoms with Crippen LogP contribution in [-0.2, 0) is 19.1 Å². The van der Waals surface area contributed by atoms with Gasteiger partial charge in [0.2, 0.25) is 0 Å². The van der Waals surface area contributed by atoms with E-state index < -0.39 is 5.97 Å². The highest BCUT2D eigenvalue weighted by Crippen LogP contribution is 2.70. The normalized spacial score (nSPS) is 27.7. The molecule has 8 heteroatoms. The smallest absolute Gasteiger partial charge is 0.338 e. The van der Waals surface area contributed by atoms with Crippen molar-refractivity contribution in [1.82, 2.24) is 0 Å². The van der Waals surface area contributed by atoms with E-state index in [1.807, 2.05) is 36.4 Å². The van der Waals surface area contributed by atoms with Gasteiger partial charge in [-0.3, -0.25) is 9.59 Å². The summed E-state index contributed by atoms with van der Waals surface area (Å²) in [4.78, 5) is 53.9. The highest BCUT2D eigenvalue weighted by molar-refractivity contribution is 5.98. The van der Waals surface area contributed by atoms with Crippen LogP contribution in [0.4, 0.5) is 0 Å². The molecule has 2 saturated carbocycles. The first-order chi connectivity index (χ1) is 31.6. The number of fused-ring (bicyclic) bond motifs is 18. The zero-order chi connectivity index (χ0) is 46.0. The zero-order valence-electron chi connectivity index (χ0n) is 39.6. The summed E-state index contributed by atoms with van der Waals surface area (Å²) in [5.74, 6) is 2.19. The third-order valence-corrected chi connectivity index (χ3v) is 16.9. The molecule has 2 fully saturated rings. The number of hydrogen-bond acceptors (Lipinski definition) is 8. The molecule has 4 bridgehead atoms. The monoisotopic (exact) mass is 886 g/mol. The Bertz CT molecular complexity index is 2710. The molecule has 6 aliphatic carbocycles. The maximum absolute atomic E-state index is 13.8. The molecule has 6 aliphatic rings. The van der Waals surface area contributed by atoms with Gasteiger partial charge in [-0.2, -0.15) is 0 Å². The van der Waals surface area contributed by atoms with Gasteiger partial charge in [0.25, 0.3) is 0 Å². The van der Waals surface area contributed by atoms with Crippen molar-refractivity contribution >= 4 is 45.4 Å². The number of carbonyl (C=O) groups excluding carboxylic acids is 4. The number of carbonyl (C=O) groups is 4. The Morgan fingerprint density at radius 2 is 0.818 bits per heavy atom. The Morgan fingerprint density at radius 3 is 1.15 bits per heavy atom. The third kappa shape index (κ3) is 6.98. The number of benzene rings is 5. The van der Waals surface area contributed by atoms with Gasteiger partial charge in [0.05, 0.1) is 11.1 Å². The van der Waals surface area contributed by atoms with E-state index in [4.69, 9.17) is 18.9 Å². The average molecular weight is 887 g/mol. The zero-order valence-corrected chi connectivity index (χ0v) is 39.6. The number of ether oxygens (including phenoxy) is 4. The molecule has 0 heterocycles. The Balaban J connectivity index is 0.961. The highest BCUT2D eigenvalue weighted by atomic mass is 16.6. The molecule has 8 nitrogen and oxygen atoms in total. The quantitative estimate of drug-likeness (QED) is 0.112. The lowest BCUT2D eigenvalue weighted by atomic mass is 9.75. The molecular formula is C58H62O8. The SMILES string of the molecule is CC(=O)Oc1c2c(c(OC(C)=O)c3c1[C@H]1C[C@@H]3c3cc4cc(C(=O)O[C@@H]5C[C@H](C)CC[C@H]5C(C)C)ccc4cc31)[C@H]1C[C@@H]2c2cc3ccc(C(=O)O[C@@H]4C[C@H](C)CC[C@H]4C(C)C)cc3cc21. The van der Waals surface area contributed by atoms with Crippen molar-refractivity contribution in [3.8, 4) is 11.5 Å².